The highest BCUT2D eigenvalue weighted by Crippen LogP contribution is 2.32. The van der Waals surface area contributed by atoms with Crippen LogP contribution in [-0.4, -0.2) is 28.6 Å². The van der Waals surface area contributed by atoms with Gasteiger partial charge in [-0.2, -0.15) is 0 Å². The number of benzene rings is 4. The van der Waals surface area contributed by atoms with Crippen molar-refractivity contribution in [1.82, 2.24) is 10.3 Å². The molecule has 3 atom stereocenters. The maximum atomic E-state index is 14.0. The highest BCUT2D eigenvalue weighted by atomic mass is 19.1. The van der Waals surface area contributed by atoms with Gasteiger partial charge in [0.15, 0.2) is 5.58 Å². The molecule has 0 aliphatic heterocycles. The van der Waals surface area contributed by atoms with E-state index in [2.05, 4.69) is 23.3 Å². The predicted molar refractivity (Wildman–Crippen MR) is 159 cm³/mol. The lowest BCUT2D eigenvalue weighted by molar-refractivity contribution is -0.140. The number of nitrogens with zero attached hydrogens (tertiary/aromatic N) is 1. The van der Waals surface area contributed by atoms with E-state index in [0.29, 0.717) is 34.3 Å². The molecule has 0 spiro atoms. The average Bonchev–Trinajstić information content (AvgIpc) is 3.40. The summed E-state index contributed by atoms with van der Waals surface area (Å²) in [6, 6.07) is 21.2. The number of carboxylic acids is 1. The number of oxazole rings is 1. The zero-order valence-electron chi connectivity index (χ0n) is 23.6. The number of carbonyl (C=O) groups is 1. The average molecular weight is 588 g/mol. The Morgan fingerprint density at radius 1 is 0.907 bits per heavy atom. The first-order chi connectivity index (χ1) is 20.7. The number of carboxylic acid groups (broad SMARTS) is 1. The first-order valence-corrected chi connectivity index (χ1v) is 14.1. The molecule has 1 aromatic heterocycles. The summed E-state index contributed by atoms with van der Waals surface area (Å²) < 4.78 is 47.2. The number of rotatable bonds is 12. The Morgan fingerprint density at radius 3 is 2.33 bits per heavy atom. The maximum absolute atomic E-state index is 14.0. The van der Waals surface area contributed by atoms with Crippen LogP contribution < -0.4 is 11.1 Å². The van der Waals surface area contributed by atoms with Crippen LogP contribution in [0, 0.1) is 23.4 Å². The van der Waals surface area contributed by atoms with Crippen molar-refractivity contribution < 1.29 is 27.5 Å². The molecule has 222 valence electrons. The fourth-order valence-electron chi connectivity index (χ4n) is 5.44. The van der Waals surface area contributed by atoms with Crippen LogP contribution in [0.25, 0.3) is 22.6 Å². The molecule has 5 aromatic rings. The molecular formula is C34H32F3N3O3. The monoisotopic (exact) mass is 587 g/mol. The summed E-state index contributed by atoms with van der Waals surface area (Å²) in [5.74, 6) is -4.40. The van der Waals surface area contributed by atoms with Crippen molar-refractivity contribution in [3.05, 3.63) is 125 Å². The topological polar surface area (TPSA) is 101 Å². The van der Waals surface area contributed by atoms with Gasteiger partial charge in [-0.25, -0.2) is 18.2 Å². The SMILES string of the molecule is CCc1cccc(CNCC(C(N)Cc2cc(F)cc(F)c2)[C@H](C(=O)O)c2ccc3oc(-c4ccc(F)cc4)nc3c2)c1. The van der Waals surface area contributed by atoms with Gasteiger partial charge in [-0.3, -0.25) is 4.79 Å². The van der Waals surface area contributed by atoms with E-state index in [-0.39, 0.29) is 24.7 Å². The summed E-state index contributed by atoms with van der Waals surface area (Å²) in [6.45, 7) is 2.79. The Hall–Kier alpha value is -4.47. The number of hydrogen-bond acceptors (Lipinski definition) is 5. The maximum Gasteiger partial charge on any atom is 0.311 e. The quantitative estimate of drug-likeness (QED) is 0.152. The molecule has 0 saturated carbocycles. The van der Waals surface area contributed by atoms with Crippen molar-refractivity contribution in [2.75, 3.05) is 6.54 Å². The third-order valence-corrected chi connectivity index (χ3v) is 7.61. The second-order valence-electron chi connectivity index (χ2n) is 10.7. The number of hydrogen-bond donors (Lipinski definition) is 3. The van der Waals surface area contributed by atoms with E-state index < -0.39 is 35.5 Å². The molecule has 1 heterocycles. The fourth-order valence-corrected chi connectivity index (χ4v) is 5.44. The van der Waals surface area contributed by atoms with Gasteiger partial charge in [-0.1, -0.05) is 37.3 Å². The van der Waals surface area contributed by atoms with E-state index in [0.717, 1.165) is 18.1 Å². The van der Waals surface area contributed by atoms with Crippen LogP contribution in [-0.2, 0) is 24.2 Å². The molecule has 2 unspecified atom stereocenters. The Morgan fingerprint density at radius 2 is 1.63 bits per heavy atom. The number of nitrogens with one attached hydrogen (secondary N) is 1. The molecule has 0 aliphatic carbocycles. The zero-order chi connectivity index (χ0) is 30.5. The summed E-state index contributed by atoms with van der Waals surface area (Å²) in [5.41, 5.74) is 11.1. The smallest absolute Gasteiger partial charge is 0.311 e. The van der Waals surface area contributed by atoms with Gasteiger partial charge in [0.2, 0.25) is 5.89 Å². The van der Waals surface area contributed by atoms with Gasteiger partial charge in [0, 0.05) is 36.7 Å². The lowest BCUT2D eigenvalue weighted by atomic mass is 9.79. The molecule has 0 saturated heterocycles. The summed E-state index contributed by atoms with van der Waals surface area (Å²) in [4.78, 5) is 17.3. The van der Waals surface area contributed by atoms with Gasteiger partial charge >= 0.3 is 5.97 Å². The molecule has 6 nitrogen and oxygen atoms in total. The third-order valence-electron chi connectivity index (χ3n) is 7.61. The largest absolute Gasteiger partial charge is 0.481 e. The van der Waals surface area contributed by atoms with Crippen LogP contribution in [0.2, 0.25) is 0 Å². The van der Waals surface area contributed by atoms with Gasteiger partial charge < -0.3 is 20.6 Å². The van der Waals surface area contributed by atoms with Crippen LogP contribution in [0.15, 0.2) is 89.3 Å². The van der Waals surface area contributed by atoms with Crippen molar-refractivity contribution >= 4 is 17.1 Å². The van der Waals surface area contributed by atoms with Crippen LogP contribution in [0.3, 0.4) is 0 Å². The van der Waals surface area contributed by atoms with Gasteiger partial charge in [-0.05, 0) is 83.6 Å². The molecule has 43 heavy (non-hydrogen) atoms. The van der Waals surface area contributed by atoms with Crippen LogP contribution in [0.5, 0.6) is 0 Å². The second kappa shape index (κ2) is 13.2. The molecule has 9 heteroatoms. The van der Waals surface area contributed by atoms with Gasteiger partial charge in [0.05, 0.1) is 5.92 Å². The van der Waals surface area contributed by atoms with E-state index >= 15 is 0 Å². The number of fused-ring (bicyclic) bond motifs is 1. The minimum absolute atomic E-state index is 0.0665. The molecule has 4 aromatic carbocycles. The molecule has 0 amide bonds. The summed E-state index contributed by atoms with van der Waals surface area (Å²) in [5, 5.41) is 13.8. The Kier molecular flexibility index (Phi) is 9.23. The van der Waals surface area contributed by atoms with Crippen LogP contribution in [0.4, 0.5) is 13.2 Å². The molecule has 0 fully saturated rings. The molecule has 0 aliphatic rings. The van der Waals surface area contributed by atoms with E-state index in [4.69, 9.17) is 10.2 Å². The molecule has 0 bridgehead atoms. The van der Waals surface area contributed by atoms with Gasteiger partial charge in [-0.15, -0.1) is 0 Å². The number of nitrogens with two attached hydrogens (primary N) is 1. The Labute approximate surface area is 247 Å². The van der Waals surface area contributed by atoms with Crippen molar-refractivity contribution in [1.29, 1.82) is 0 Å². The minimum Gasteiger partial charge on any atom is -0.481 e. The highest BCUT2D eigenvalue weighted by Gasteiger charge is 2.34. The second-order valence-corrected chi connectivity index (χ2v) is 10.7. The third kappa shape index (κ3) is 7.31. The van der Waals surface area contributed by atoms with E-state index in [1.165, 1.54) is 29.8 Å². The normalized spacial score (nSPS) is 13.6. The van der Waals surface area contributed by atoms with E-state index in [9.17, 15) is 23.1 Å². The zero-order valence-corrected chi connectivity index (χ0v) is 23.6. The van der Waals surface area contributed by atoms with Crippen LogP contribution >= 0.6 is 0 Å². The molecule has 0 radical (unpaired) electrons. The first kappa shape index (κ1) is 30.0. The van der Waals surface area contributed by atoms with Gasteiger partial charge in [0.1, 0.15) is 23.0 Å². The number of halogens is 3. The lowest BCUT2D eigenvalue weighted by Gasteiger charge is -2.30. The standard InChI is InChI=1S/C34H32F3N3O3/c1-2-20-4-3-5-21(12-20)18-39-19-28(29(38)15-22-13-26(36)17-27(37)14-22)32(34(41)42)24-8-11-31-30(16-24)40-33(43-31)23-6-9-25(35)10-7-23/h3-14,16-17,28-29,32,39H,2,15,18-19,38H2,1H3,(H,41,42)/t28?,29?,32-/m1/s1. The number of aryl methyl sites for hydroxylation is 1. The van der Waals surface area contributed by atoms with E-state index in [1.54, 1.807) is 30.3 Å². The van der Waals surface area contributed by atoms with Crippen molar-refractivity contribution in [2.45, 2.75) is 38.3 Å². The Bertz CT molecular complexity index is 1700. The summed E-state index contributed by atoms with van der Waals surface area (Å²) in [7, 11) is 0. The Balaban J connectivity index is 1.45. The number of aliphatic carboxylic acids is 1. The molecular weight excluding hydrogens is 555 g/mol. The fraction of sp³-hybridized carbons (Fsp3) is 0.235. The van der Waals surface area contributed by atoms with Crippen molar-refractivity contribution in [3.8, 4) is 11.5 Å². The summed E-state index contributed by atoms with van der Waals surface area (Å²) in [6.07, 6.45) is 0.955. The van der Waals surface area contributed by atoms with Crippen LogP contribution in [0.1, 0.15) is 35.1 Å². The van der Waals surface area contributed by atoms with Crippen molar-refractivity contribution in [3.63, 3.8) is 0 Å². The number of aromatic nitrogens is 1. The van der Waals surface area contributed by atoms with E-state index in [1.807, 2.05) is 18.2 Å². The first-order valence-electron chi connectivity index (χ1n) is 14.1. The molecule has 4 N–H and O–H groups in total. The minimum atomic E-state index is -1.10. The predicted octanol–water partition coefficient (Wildman–Crippen LogP) is 6.62. The van der Waals surface area contributed by atoms with Crippen molar-refractivity contribution in [2.24, 2.45) is 11.7 Å². The van der Waals surface area contributed by atoms with Gasteiger partial charge in [0.25, 0.3) is 0 Å². The molecule has 5 rings (SSSR count). The lowest BCUT2D eigenvalue weighted by Crippen LogP contribution is -2.44. The highest BCUT2D eigenvalue weighted by molar-refractivity contribution is 5.82. The summed E-state index contributed by atoms with van der Waals surface area (Å²) >= 11 is 0.